The van der Waals surface area contributed by atoms with Crippen LogP contribution in [0.2, 0.25) is 0 Å². The van der Waals surface area contributed by atoms with Crippen LogP contribution in [0.25, 0.3) is 0 Å². The molecule has 0 heterocycles. The first-order valence-corrected chi connectivity index (χ1v) is 6.23. The molecule has 2 N–H and O–H groups in total. The Labute approximate surface area is 113 Å². The summed E-state index contributed by atoms with van der Waals surface area (Å²) in [4.78, 5) is 23.4. The van der Waals surface area contributed by atoms with E-state index in [0.29, 0.717) is 4.90 Å². The molecule has 96 valence electrons. The van der Waals surface area contributed by atoms with E-state index in [2.05, 4.69) is 0 Å². The summed E-state index contributed by atoms with van der Waals surface area (Å²) >= 11 is 1.29. The van der Waals surface area contributed by atoms with Gasteiger partial charge in [0.05, 0.1) is 11.1 Å². The van der Waals surface area contributed by atoms with Crippen molar-refractivity contribution in [3.8, 4) is 0 Å². The Morgan fingerprint density at radius 2 is 1.58 bits per heavy atom. The molecule has 0 bridgehead atoms. The van der Waals surface area contributed by atoms with E-state index in [4.69, 9.17) is 10.2 Å². The summed E-state index contributed by atoms with van der Waals surface area (Å²) in [5.74, 6) is -2.28. The third-order valence-corrected chi connectivity index (χ3v) is 3.51. The third-order valence-electron chi connectivity index (χ3n) is 2.43. The van der Waals surface area contributed by atoms with Gasteiger partial charge < -0.3 is 10.2 Å². The van der Waals surface area contributed by atoms with Crippen LogP contribution in [0.4, 0.5) is 0 Å². The van der Waals surface area contributed by atoms with Gasteiger partial charge in [-0.1, -0.05) is 30.0 Å². The van der Waals surface area contributed by atoms with Gasteiger partial charge in [-0.05, 0) is 30.3 Å². The van der Waals surface area contributed by atoms with Crippen molar-refractivity contribution in [2.24, 2.45) is 0 Å². The number of benzene rings is 2. The highest BCUT2D eigenvalue weighted by Gasteiger charge is 2.14. The second-order valence-corrected chi connectivity index (χ2v) is 4.85. The second-order valence-electron chi connectivity index (χ2n) is 3.74. The Bertz CT molecular complexity index is 623. The van der Waals surface area contributed by atoms with Crippen LogP contribution in [0, 0.1) is 0 Å². The highest BCUT2D eigenvalue weighted by atomic mass is 32.2. The van der Waals surface area contributed by atoms with Gasteiger partial charge in [0, 0.05) is 9.79 Å². The fraction of sp³-hybridized carbons (Fsp3) is 0. The lowest BCUT2D eigenvalue weighted by molar-refractivity contribution is 0.0693. The molecule has 2 aromatic carbocycles. The van der Waals surface area contributed by atoms with E-state index in [1.54, 1.807) is 0 Å². The Morgan fingerprint density at radius 3 is 2.16 bits per heavy atom. The molecule has 0 spiro atoms. The van der Waals surface area contributed by atoms with E-state index in [0.717, 1.165) is 4.90 Å². The molecule has 0 unspecified atom stereocenters. The molecule has 0 aliphatic heterocycles. The molecule has 0 aliphatic carbocycles. The van der Waals surface area contributed by atoms with Gasteiger partial charge in [0.15, 0.2) is 0 Å². The summed E-state index contributed by atoms with van der Waals surface area (Å²) in [6, 6.07) is 13.4. The zero-order chi connectivity index (χ0) is 13.8. The van der Waals surface area contributed by atoms with Crippen LogP contribution in [0.5, 0.6) is 0 Å². The van der Waals surface area contributed by atoms with Crippen LogP contribution in [-0.4, -0.2) is 22.2 Å². The van der Waals surface area contributed by atoms with Crippen LogP contribution in [0.15, 0.2) is 58.3 Å². The fourth-order valence-corrected chi connectivity index (χ4v) is 2.47. The number of hydrogen-bond donors (Lipinski definition) is 2. The van der Waals surface area contributed by atoms with Crippen molar-refractivity contribution in [3.63, 3.8) is 0 Å². The molecule has 4 nitrogen and oxygen atoms in total. The highest BCUT2D eigenvalue weighted by Crippen LogP contribution is 2.31. The molecule has 0 radical (unpaired) electrons. The summed E-state index contributed by atoms with van der Waals surface area (Å²) in [6.07, 6.45) is 0. The zero-order valence-electron chi connectivity index (χ0n) is 9.74. The van der Waals surface area contributed by atoms with Gasteiger partial charge in [-0.3, -0.25) is 0 Å². The fourth-order valence-electron chi connectivity index (χ4n) is 1.53. The Morgan fingerprint density at radius 1 is 0.895 bits per heavy atom. The van der Waals surface area contributed by atoms with Gasteiger partial charge in [0.25, 0.3) is 0 Å². The normalized spacial score (nSPS) is 10.1. The van der Waals surface area contributed by atoms with Gasteiger partial charge in [0.1, 0.15) is 0 Å². The minimum absolute atomic E-state index is 0.00578. The van der Waals surface area contributed by atoms with E-state index in [9.17, 15) is 9.59 Å². The number of carbonyl (C=O) groups is 2. The van der Waals surface area contributed by atoms with Gasteiger partial charge in [0.2, 0.25) is 0 Å². The zero-order valence-corrected chi connectivity index (χ0v) is 10.6. The quantitative estimate of drug-likeness (QED) is 0.895. The van der Waals surface area contributed by atoms with Gasteiger partial charge in [-0.25, -0.2) is 9.59 Å². The topological polar surface area (TPSA) is 74.6 Å². The van der Waals surface area contributed by atoms with E-state index in [1.807, 2.05) is 30.3 Å². The van der Waals surface area contributed by atoms with Crippen LogP contribution >= 0.6 is 11.8 Å². The average Bonchev–Trinajstić information content (AvgIpc) is 2.39. The smallest absolute Gasteiger partial charge is 0.336 e. The standard InChI is InChI=1S/C14H10O4S/c15-13(16)9-6-7-12(11(8-9)14(17)18)19-10-4-2-1-3-5-10/h1-8H,(H,15,16)(H,17,18). The molecular weight excluding hydrogens is 264 g/mol. The Hall–Kier alpha value is -2.27. The van der Waals surface area contributed by atoms with Crippen molar-refractivity contribution in [1.29, 1.82) is 0 Å². The summed E-state index contributed by atoms with van der Waals surface area (Å²) in [7, 11) is 0. The van der Waals surface area contributed by atoms with Crippen LogP contribution < -0.4 is 0 Å². The highest BCUT2D eigenvalue weighted by molar-refractivity contribution is 7.99. The monoisotopic (exact) mass is 274 g/mol. The first-order valence-electron chi connectivity index (χ1n) is 5.41. The maximum Gasteiger partial charge on any atom is 0.336 e. The van der Waals surface area contributed by atoms with Crippen LogP contribution in [-0.2, 0) is 0 Å². The maximum absolute atomic E-state index is 11.2. The lowest BCUT2D eigenvalue weighted by Crippen LogP contribution is -2.03. The lowest BCUT2D eigenvalue weighted by atomic mass is 10.1. The minimum atomic E-state index is -1.14. The maximum atomic E-state index is 11.2. The number of carboxylic acids is 2. The molecule has 2 aromatic rings. The SMILES string of the molecule is O=C(O)c1ccc(Sc2ccccc2)c(C(=O)O)c1. The van der Waals surface area contributed by atoms with Gasteiger partial charge in [-0.15, -0.1) is 0 Å². The van der Waals surface area contributed by atoms with E-state index in [1.165, 1.54) is 30.0 Å². The predicted molar refractivity (Wildman–Crippen MR) is 70.9 cm³/mol. The number of rotatable bonds is 4. The molecule has 0 atom stereocenters. The van der Waals surface area contributed by atoms with E-state index >= 15 is 0 Å². The van der Waals surface area contributed by atoms with Crippen molar-refractivity contribution in [2.75, 3.05) is 0 Å². The Kier molecular flexibility index (Phi) is 3.87. The molecule has 0 amide bonds. The molecular formula is C14H10O4S. The van der Waals surface area contributed by atoms with E-state index < -0.39 is 11.9 Å². The number of carboxylic acid groups (broad SMARTS) is 2. The molecule has 0 saturated heterocycles. The third kappa shape index (κ3) is 3.14. The molecule has 0 aromatic heterocycles. The molecule has 0 aliphatic rings. The van der Waals surface area contributed by atoms with Crippen molar-refractivity contribution >= 4 is 23.7 Å². The number of aromatic carboxylic acids is 2. The second kappa shape index (κ2) is 5.58. The molecule has 2 rings (SSSR count). The molecule has 0 fully saturated rings. The molecule has 19 heavy (non-hydrogen) atoms. The summed E-state index contributed by atoms with van der Waals surface area (Å²) in [5, 5.41) is 18.0. The van der Waals surface area contributed by atoms with Crippen molar-refractivity contribution in [1.82, 2.24) is 0 Å². The summed E-state index contributed by atoms with van der Waals surface area (Å²) < 4.78 is 0. The molecule has 5 heteroatoms. The van der Waals surface area contributed by atoms with Crippen LogP contribution in [0.3, 0.4) is 0 Å². The van der Waals surface area contributed by atoms with Crippen molar-refractivity contribution in [3.05, 3.63) is 59.7 Å². The minimum Gasteiger partial charge on any atom is -0.478 e. The van der Waals surface area contributed by atoms with Crippen LogP contribution in [0.1, 0.15) is 20.7 Å². The Balaban J connectivity index is 2.40. The van der Waals surface area contributed by atoms with Crippen molar-refractivity contribution in [2.45, 2.75) is 9.79 Å². The van der Waals surface area contributed by atoms with E-state index in [-0.39, 0.29) is 11.1 Å². The lowest BCUT2D eigenvalue weighted by Gasteiger charge is -2.06. The first-order chi connectivity index (χ1) is 9.08. The molecule has 0 saturated carbocycles. The van der Waals surface area contributed by atoms with Gasteiger partial charge >= 0.3 is 11.9 Å². The summed E-state index contributed by atoms with van der Waals surface area (Å²) in [6.45, 7) is 0. The predicted octanol–water partition coefficient (Wildman–Crippen LogP) is 3.23. The average molecular weight is 274 g/mol. The van der Waals surface area contributed by atoms with Crippen molar-refractivity contribution < 1.29 is 19.8 Å². The van der Waals surface area contributed by atoms with Gasteiger partial charge in [-0.2, -0.15) is 0 Å². The number of hydrogen-bond acceptors (Lipinski definition) is 3. The largest absolute Gasteiger partial charge is 0.478 e. The first kappa shape index (κ1) is 13.2. The summed E-state index contributed by atoms with van der Waals surface area (Å²) in [5.41, 5.74) is -0.0384.